The van der Waals surface area contributed by atoms with Crippen LogP contribution in [0.5, 0.6) is 5.75 Å². The highest BCUT2D eigenvalue weighted by Crippen LogP contribution is 2.23. The molecule has 0 unspecified atom stereocenters. The molecule has 21 heavy (non-hydrogen) atoms. The summed E-state index contributed by atoms with van der Waals surface area (Å²) in [4.78, 5) is 0. The van der Waals surface area contributed by atoms with Crippen LogP contribution in [0.3, 0.4) is 0 Å². The third-order valence-corrected chi connectivity index (χ3v) is 3.37. The Bertz CT molecular complexity index is 574. The van der Waals surface area contributed by atoms with Gasteiger partial charge in [-0.05, 0) is 43.9 Å². The molecular weight excluding hydrogens is 262 g/mol. The summed E-state index contributed by atoms with van der Waals surface area (Å²) in [6.45, 7) is 4.14. The van der Waals surface area contributed by atoms with Crippen LogP contribution in [0.2, 0.25) is 0 Å². The van der Waals surface area contributed by atoms with Gasteiger partial charge < -0.3 is 15.6 Å². The van der Waals surface area contributed by atoms with Gasteiger partial charge in [-0.25, -0.2) is 0 Å². The number of aryl methyl sites for hydroxylation is 1. The Labute approximate surface area is 126 Å². The fourth-order valence-corrected chi connectivity index (χ4v) is 2.07. The molecule has 3 N–H and O–H groups in total. The van der Waals surface area contributed by atoms with Crippen LogP contribution in [0.25, 0.3) is 0 Å². The van der Waals surface area contributed by atoms with E-state index in [1.807, 2.05) is 48.5 Å². The molecule has 0 bridgehead atoms. The SMILES string of the molecule is CC(C)(O)CCc1ccc(OCc2ccccc2)cc1N. The third kappa shape index (κ3) is 5.12. The Hall–Kier alpha value is -2.00. The van der Waals surface area contributed by atoms with E-state index in [0.717, 1.165) is 23.3 Å². The molecule has 0 saturated heterocycles. The maximum atomic E-state index is 9.77. The second-order valence-corrected chi connectivity index (χ2v) is 5.95. The second-order valence-electron chi connectivity index (χ2n) is 5.95. The lowest BCUT2D eigenvalue weighted by Gasteiger charge is -2.17. The lowest BCUT2D eigenvalue weighted by Crippen LogP contribution is -2.19. The van der Waals surface area contributed by atoms with Crippen molar-refractivity contribution in [3.63, 3.8) is 0 Å². The number of aliphatic hydroxyl groups is 1. The first-order valence-corrected chi connectivity index (χ1v) is 7.21. The van der Waals surface area contributed by atoms with Gasteiger partial charge in [0, 0.05) is 11.8 Å². The molecule has 0 heterocycles. The van der Waals surface area contributed by atoms with Gasteiger partial charge in [-0.3, -0.25) is 0 Å². The number of nitrogens with two attached hydrogens (primary N) is 1. The summed E-state index contributed by atoms with van der Waals surface area (Å²) in [5.74, 6) is 0.767. The van der Waals surface area contributed by atoms with Gasteiger partial charge in [-0.2, -0.15) is 0 Å². The van der Waals surface area contributed by atoms with Crippen molar-refractivity contribution in [2.24, 2.45) is 0 Å². The normalized spacial score (nSPS) is 11.4. The minimum absolute atomic E-state index is 0.531. The smallest absolute Gasteiger partial charge is 0.121 e. The number of hydrogen-bond donors (Lipinski definition) is 2. The minimum Gasteiger partial charge on any atom is -0.489 e. The summed E-state index contributed by atoms with van der Waals surface area (Å²) >= 11 is 0. The molecule has 0 aromatic heterocycles. The van der Waals surface area contributed by atoms with Crippen molar-refractivity contribution in [3.8, 4) is 5.75 Å². The van der Waals surface area contributed by atoms with Crippen molar-refractivity contribution in [2.75, 3.05) is 5.73 Å². The molecule has 0 radical (unpaired) electrons. The van der Waals surface area contributed by atoms with Crippen LogP contribution < -0.4 is 10.5 Å². The molecule has 2 aromatic carbocycles. The first-order chi connectivity index (χ1) is 9.94. The zero-order valence-corrected chi connectivity index (χ0v) is 12.7. The number of nitrogen functional groups attached to an aromatic ring is 1. The predicted molar refractivity (Wildman–Crippen MR) is 86.2 cm³/mol. The highest BCUT2D eigenvalue weighted by Gasteiger charge is 2.13. The zero-order valence-electron chi connectivity index (χ0n) is 12.7. The number of rotatable bonds is 6. The zero-order chi connectivity index (χ0) is 15.3. The standard InChI is InChI=1S/C18H23NO2/c1-18(2,20)11-10-15-8-9-16(12-17(15)19)21-13-14-6-4-3-5-7-14/h3-9,12,20H,10-11,13,19H2,1-2H3. The molecule has 0 fully saturated rings. The number of anilines is 1. The molecule has 112 valence electrons. The van der Waals surface area contributed by atoms with Crippen LogP contribution in [-0.2, 0) is 13.0 Å². The molecule has 0 saturated carbocycles. The predicted octanol–water partition coefficient (Wildman–Crippen LogP) is 3.55. The largest absolute Gasteiger partial charge is 0.489 e. The lowest BCUT2D eigenvalue weighted by molar-refractivity contribution is 0.0714. The van der Waals surface area contributed by atoms with Crippen LogP contribution in [-0.4, -0.2) is 10.7 Å². The molecule has 3 heteroatoms. The average Bonchev–Trinajstić information content (AvgIpc) is 2.44. The maximum absolute atomic E-state index is 9.77. The van der Waals surface area contributed by atoms with Gasteiger partial charge in [0.05, 0.1) is 5.60 Å². The third-order valence-electron chi connectivity index (χ3n) is 3.37. The molecule has 0 amide bonds. The van der Waals surface area contributed by atoms with Crippen LogP contribution in [0, 0.1) is 0 Å². The molecule has 0 atom stereocenters. The van der Waals surface area contributed by atoms with Gasteiger partial charge in [0.15, 0.2) is 0 Å². The van der Waals surface area contributed by atoms with E-state index < -0.39 is 5.60 Å². The van der Waals surface area contributed by atoms with E-state index in [2.05, 4.69) is 0 Å². The molecule has 0 aliphatic heterocycles. The van der Waals surface area contributed by atoms with E-state index in [-0.39, 0.29) is 0 Å². The molecule has 2 rings (SSSR count). The maximum Gasteiger partial charge on any atom is 0.121 e. The molecule has 2 aromatic rings. The summed E-state index contributed by atoms with van der Waals surface area (Å²) in [6, 6.07) is 15.8. The molecule has 0 aliphatic rings. The van der Waals surface area contributed by atoms with E-state index in [1.54, 1.807) is 13.8 Å². The summed E-state index contributed by atoms with van der Waals surface area (Å²) in [6.07, 6.45) is 1.44. The van der Waals surface area contributed by atoms with Crippen LogP contribution in [0.15, 0.2) is 48.5 Å². The van der Waals surface area contributed by atoms with Gasteiger partial charge in [0.1, 0.15) is 12.4 Å². The van der Waals surface area contributed by atoms with E-state index in [9.17, 15) is 5.11 Å². The summed E-state index contributed by atoms with van der Waals surface area (Å²) < 4.78 is 5.74. The highest BCUT2D eigenvalue weighted by atomic mass is 16.5. The fraction of sp³-hybridized carbons (Fsp3) is 0.333. The summed E-state index contributed by atoms with van der Waals surface area (Å²) in [5.41, 5.74) is 8.27. The Morgan fingerprint density at radius 2 is 1.81 bits per heavy atom. The van der Waals surface area contributed by atoms with Crippen LogP contribution in [0.4, 0.5) is 5.69 Å². The van der Waals surface area contributed by atoms with E-state index in [1.165, 1.54) is 0 Å². The highest BCUT2D eigenvalue weighted by molar-refractivity contribution is 5.51. The van der Waals surface area contributed by atoms with Crippen molar-refractivity contribution in [2.45, 2.75) is 38.9 Å². The molecule has 3 nitrogen and oxygen atoms in total. The van der Waals surface area contributed by atoms with Crippen molar-refractivity contribution < 1.29 is 9.84 Å². The first-order valence-electron chi connectivity index (χ1n) is 7.21. The lowest BCUT2D eigenvalue weighted by atomic mass is 9.98. The first kappa shape index (κ1) is 15.4. The number of benzene rings is 2. The van der Waals surface area contributed by atoms with Crippen molar-refractivity contribution in [1.29, 1.82) is 0 Å². The monoisotopic (exact) mass is 285 g/mol. The van der Waals surface area contributed by atoms with Gasteiger partial charge in [-0.15, -0.1) is 0 Å². The Balaban J connectivity index is 1.95. The van der Waals surface area contributed by atoms with Gasteiger partial charge in [0.25, 0.3) is 0 Å². The van der Waals surface area contributed by atoms with Gasteiger partial charge >= 0.3 is 0 Å². The quantitative estimate of drug-likeness (QED) is 0.798. The minimum atomic E-state index is -0.672. The van der Waals surface area contributed by atoms with Gasteiger partial charge in [-0.1, -0.05) is 36.4 Å². The Morgan fingerprint density at radius 3 is 2.43 bits per heavy atom. The number of ether oxygens (including phenoxy) is 1. The van der Waals surface area contributed by atoms with Crippen molar-refractivity contribution >= 4 is 5.69 Å². The second kappa shape index (κ2) is 6.64. The van der Waals surface area contributed by atoms with Crippen LogP contribution >= 0.6 is 0 Å². The summed E-state index contributed by atoms with van der Waals surface area (Å²) in [5, 5.41) is 9.77. The van der Waals surface area contributed by atoms with E-state index in [0.29, 0.717) is 18.7 Å². The van der Waals surface area contributed by atoms with Crippen molar-refractivity contribution in [3.05, 3.63) is 59.7 Å². The Morgan fingerprint density at radius 1 is 1.10 bits per heavy atom. The number of hydrogen-bond acceptors (Lipinski definition) is 3. The van der Waals surface area contributed by atoms with E-state index in [4.69, 9.17) is 10.5 Å². The molecular formula is C18H23NO2. The fourth-order valence-electron chi connectivity index (χ4n) is 2.07. The molecule has 0 aliphatic carbocycles. The average molecular weight is 285 g/mol. The topological polar surface area (TPSA) is 55.5 Å². The van der Waals surface area contributed by atoms with E-state index >= 15 is 0 Å². The Kier molecular flexibility index (Phi) is 4.86. The van der Waals surface area contributed by atoms with Gasteiger partial charge in [0.2, 0.25) is 0 Å². The van der Waals surface area contributed by atoms with Crippen molar-refractivity contribution in [1.82, 2.24) is 0 Å². The van der Waals surface area contributed by atoms with Crippen LogP contribution in [0.1, 0.15) is 31.4 Å². The summed E-state index contributed by atoms with van der Waals surface area (Å²) in [7, 11) is 0. The molecule has 0 spiro atoms.